The van der Waals surface area contributed by atoms with Crippen LogP contribution in [-0.2, 0) is 0 Å². The van der Waals surface area contributed by atoms with Crippen molar-refractivity contribution in [1.29, 1.82) is 0 Å². The largest absolute Gasteiger partial charge is 0.394 e. The highest BCUT2D eigenvalue weighted by molar-refractivity contribution is 4.95. The van der Waals surface area contributed by atoms with E-state index in [0.717, 1.165) is 6.42 Å². The minimum absolute atomic E-state index is 0.110. The van der Waals surface area contributed by atoms with Crippen LogP contribution in [0.5, 0.6) is 0 Å². The average molecular weight is 213 g/mol. The van der Waals surface area contributed by atoms with Crippen molar-refractivity contribution in [1.82, 2.24) is 5.32 Å². The summed E-state index contributed by atoms with van der Waals surface area (Å²) in [6.45, 7) is 11.5. The summed E-state index contributed by atoms with van der Waals surface area (Å²) in [5.74, 6) is 0. The molecule has 2 N–H and O–H groups in total. The topological polar surface area (TPSA) is 32.3 Å². The van der Waals surface area contributed by atoms with Gasteiger partial charge >= 0.3 is 0 Å². The van der Waals surface area contributed by atoms with E-state index in [2.05, 4.69) is 39.9 Å². The molecule has 1 unspecified atom stereocenters. The molecule has 90 valence electrons. The van der Waals surface area contributed by atoms with Crippen LogP contribution in [0.25, 0.3) is 0 Å². The number of hydrogen-bond acceptors (Lipinski definition) is 2. The lowest BCUT2D eigenvalue weighted by atomic mass is 9.74. The molecule has 1 saturated heterocycles. The summed E-state index contributed by atoms with van der Waals surface area (Å²) in [4.78, 5) is 0. The number of rotatable bonds is 1. The first-order valence-corrected chi connectivity index (χ1v) is 6.08. The average Bonchev–Trinajstić information content (AvgIpc) is 2.11. The fraction of sp³-hybridized carbons (Fsp3) is 1.00. The van der Waals surface area contributed by atoms with Crippen LogP contribution < -0.4 is 5.32 Å². The molecule has 0 saturated carbocycles. The molecule has 1 aliphatic heterocycles. The first-order chi connectivity index (χ1) is 6.68. The van der Waals surface area contributed by atoms with Gasteiger partial charge < -0.3 is 10.4 Å². The van der Waals surface area contributed by atoms with E-state index in [9.17, 15) is 5.11 Å². The highest BCUT2D eigenvalue weighted by Crippen LogP contribution is 2.36. The molecule has 0 aromatic carbocycles. The van der Waals surface area contributed by atoms with Crippen molar-refractivity contribution in [2.24, 2.45) is 5.41 Å². The summed E-state index contributed by atoms with van der Waals surface area (Å²) in [5.41, 5.74) is 0.437. The second-order valence-electron chi connectivity index (χ2n) is 6.89. The SMILES string of the molecule is CC1(C)CCC(C)(C)NC(C)(CO)CC1. The molecule has 0 spiro atoms. The molecule has 1 heterocycles. The maximum absolute atomic E-state index is 9.51. The number of aliphatic hydroxyl groups excluding tert-OH is 1. The third kappa shape index (κ3) is 3.76. The summed E-state index contributed by atoms with van der Waals surface area (Å²) >= 11 is 0. The molecule has 0 aliphatic carbocycles. The molecule has 1 atom stereocenters. The van der Waals surface area contributed by atoms with Gasteiger partial charge in [0.25, 0.3) is 0 Å². The van der Waals surface area contributed by atoms with Crippen LogP contribution in [0.2, 0.25) is 0 Å². The molecular weight excluding hydrogens is 186 g/mol. The van der Waals surface area contributed by atoms with Gasteiger partial charge in [-0.15, -0.1) is 0 Å². The molecule has 0 bridgehead atoms. The third-order valence-corrected chi connectivity index (χ3v) is 3.77. The van der Waals surface area contributed by atoms with Gasteiger partial charge in [-0.05, 0) is 51.9 Å². The second kappa shape index (κ2) is 4.06. The second-order valence-corrected chi connectivity index (χ2v) is 6.89. The van der Waals surface area contributed by atoms with Crippen molar-refractivity contribution in [2.45, 2.75) is 71.4 Å². The molecule has 0 aromatic rings. The predicted molar refractivity (Wildman–Crippen MR) is 65.0 cm³/mol. The third-order valence-electron chi connectivity index (χ3n) is 3.77. The summed E-state index contributed by atoms with van der Waals surface area (Å²) in [6.07, 6.45) is 4.68. The maximum atomic E-state index is 9.51. The summed E-state index contributed by atoms with van der Waals surface area (Å²) in [7, 11) is 0. The van der Waals surface area contributed by atoms with Gasteiger partial charge in [0.2, 0.25) is 0 Å². The van der Waals surface area contributed by atoms with E-state index in [-0.39, 0.29) is 17.7 Å². The van der Waals surface area contributed by atoms with E-state index in [0.29, 0.717) is 5.41 Å². The van der Waals surface area contributed by atoms with E-state index in [1.54, 1.807) is 0 Å². The van der Waals surface area contributed by atoms with Crippen molar-refractivity contribution in [3.8, 4) is 0 Å². The smallest absolute Gasteiger partial charge is 0.0610 e. The van der Waals surface area contributed by atoms with Crippen molar-refractivity contribution in [3.63, 3.8) is 0 Å². The van der Waals surface area contributed by atoms with Gasteiger partial charge in [-0.1, -0.05) is 13.8 Å². The fourth-order valence-corrected chi connectivity index (χ4v) is 2.45. The van der Waals surface area contributed by atoms with Crippen LogP contribution in [-0.4, -0.2) is 22.8 Å². The van der Waals surface area contributed by atoms with Gasteiger partial charge in [0.15, 0.2) is 0 Å². The van der Waals surface area contributed by atoms with Crippen LogP contribution >= 0.6 is 0 Å². The van der Waals surface area contributed by atoms with Gasteiger partial charge in [-0.2, -0.15) is 0 Å². The lowest BCUT2D eigenvalue weighted by molar-refractivity contribution is 0.0860. The highest BCUT2D eigenvalue weighted by Gasteiger charge is 2.36. The van der Waals surface area contributed by atoms with Gasteiger partial charge in [-0.3, -0.25) is 0 Å². The van der Waals surface area contributed by atoms with Crippen molar-refractivity contribution in [3.05, 3.63) is 0 Å². The maximum Gasteiger partial charge on any atom is 0.0610 e. The summed E-state index contributed by atoms with van der Waals surface area (Å²) in [6, 6.07) is 0. The molecule has 15 heavy (non-hydrogen) atoms. The summed E-state index contributed by atoms with van der Waals surface area (Å²) < 4.78 is 0. The quantitative estimate of drug-likeness (QED) is 0.702. The van der Waals surface area contributed by atoms with Gasteiger partial charge in [-0.25, -0.2) is 0 Å². The zero-order valence-corrected chi connectivity index (χ0v) is 11.0. The Morgan fingerprint density at radius 1 is 0.933 bits per heavy atom. The lowest BCUT2D eigenvalue weighted by Gasteiger charge is -2.44. The van der Waals surface area contributed by atoms with Gasteiger partial charge in [0.05, 0.1) is 6.61 Å². The fourth-order valence-electron chi connectivity index (χ4n) is 2.45. The van der Waals surface area contributed by atoms with E-state index in [1.807, 2.05) is 0 Å². The van der Waals surface area contributed by atoms with E-state index >= 15 is 0 Å². The molecule has 0 aromatic heterocycles. The highest BCUT2D eigenvalue weighted by atomic mass is 16.3. The molecule has 2 nitrogen and oxygen atoms in total. The van der Waals surface area contributed by atoms with Crippen LogP contribution in [0.4, 0.5) is 0 Å². The van der Waals surface area contributed by atoms with Crippen molar-refractivity contribution in [2.75, 3.05) is 6.61 Å². The molecule has 0 radical (unpaired) electrons. The zero-order valence-electron chi connectivity index (χ0n) is 11.0. The Morgan fingerprint density at radius 3 is 2.00 bits per heavy atom. The van der Waals surface area contributed by atoms with E-state index in [4.69, 9.17) is 0 Å². The molecule has 0 amide bonds. The first kappa shape index (κ1) is 13.0. The minimum atomic E-state index is -0.110. The Labute approximate surface area is 94.5 Å². The Morgan fingerprint density at radius 2 is 1.47 bits per heavy atom. The van der Waals surface area contributed by atoms with Crippen LogP contribution in [0.15, 0.2) is 0 Å². The first-order valence-electron chi connectivity index (χ1n) is 6.08. The molecule has 1 fully saturated rings. The zero-order chi connectivity index (χ0) is 11.7. The van der Waals surface area contributed by atoms with Crippen LogP contribution in [0, 0.1) is 5.41 Å². The molecule has 2 heteroatoms. The molecule has 1 aliphatic rings. The van der Waals surface area contributed by atoms with Crippen molar-refractivity contribution < 1.29 is 5.11 Å². The minimum Gasteiger partial charge on any atom is -0.394 e. The van der Waals surface area contributed by atoms with Crippen LogP contribution in [0.3, 0.4) is 0 Å². The monoisotopic (exact) mass is 213 g/mol. The number of aliphatic hydroxyl groups is 1. The predicted octanol–water partition coefficient (Wildman–Crippen LogP) is 2.71. The molecular formula is C13H27NO. The number of nitrogens with one attached hydrogen (secondary N) is 1. The number of hydrogen-bond donors (Lipinski definition) is 2. The van der Waals surface area contributed by atoms with E-state index in [1.165, 1.54) is 19.3 Å². The Bertz CT molecular complexity index is 223. The lowest BCUT2D eigenvalue weighted by Crippen LogP contribution is -2.57. The van der Waals surface area contributed by atoms with Gasteiger partial charge in [0, 0.05) is 11.1 Å². The standard InChI is InChI=1S/C13H27NO/c1-11(2)6-8-12(3,4)14-13(5,10-15)9-7-11/h14-15H,6-10H2,1-5H3. The normalized spacial score (nSPS) is 35.6. The Kier molecular flexibility index (Phi) is 3.52. The summed E-state index contributed by atoms with van der Waals surface area (Å²) in [5, 5.41) is 13.1. The van der Waals surface area contributed by atoms with Gasteiger partial charge in [0.1, 0.15) is 0 Å². The van der Waals surface area contributed by atoms with Crippen molar-refractivity contribution >= 4 is 0 Å². The van der Waals surface area contributed by atoms with E-state index < -0.39 is 0 Å². The van der Waals surface area contributed by atoms with Crippen LogP contribution in [0.1, 0.15) is 60.3 Å². The molecule has 1 rings (SSSR count). The Balaban J connectivity index is 2.80. The Hall–Kier alpha value is -0.0800.